The molecule has 0 aliphatic heterocycles. The number of halogens is 2. The minimum atomic E-state index is -0.506. The first-order valence-electron chi connectivity index (χ1n) is 9.82. The Labute approximate surface area is 205 Å². The van der Waals surface area contributed by atoms with Crippen molar-refractivity contribution in [1.29, 1.82) is 5.26 Å². The average Bonchev–Trinajstić information content (AvgIpc) is 2.77. The molecule has 1 amide bonds. The fourth-order valence-corrected chi connectivity index (χ4v) is 3.70. The van der Waals surface area contributed by atoms with Gasteiger partial charge in [0.1, 0.15) is 18.2 Å². The first kappa shape index (κ1) is 23.6. The molecule has 3 aromatic carbocycles. The van der Waals surface area contributed by atoms with Gasteiger partial charge in [-0.15, -0.1) is 0 Å². The number of benzene rings is 3. The fourth-order valence-electron chi connectivity index (χ4n) is 2.88. The number of ether oxygens (including phenoxy) is 2. The highest BCUT2D eigenvalue weighted by molar-refractivity contribution is 14.1. The van der Waals surface area contributed by atoms with E-state index in [4.69, 9.17) is 21.1 Å². The van der Waals surface area contributed by atoms with E-state index >= 15 is 0 Å². The smallest absolute Gasteiger partial charge is 0.266 e. The van der Waals surface area contributed by atoms with Crippen LogP contribution in [0.3, 0.4) is 0 Å². The van der Waals surface area contributed by atoms with Gasteiger partial charge in [0.25, 0.3) is 5.91 Å². The second-order valence-corrected chi connectivity index (χ2v) is 8.32. The Hall–Kier alpha value is -3.02. The van der Waals surface area contributed by atoms with Crippen LogP contribution in [0, 0.1) is 14.9 Å². The van der Waals surface area contributed by atoms with Crippen LogP contribution >= 0.6 is 34.2 Å². The summed E-state index contributed by atoms with van der Waals surface area (Å²) in [7, 11) is 0. The average molecular weight is 559 g/mol. The van der Waals surface area contributed by atoms with Gasteiger partial charge >= 0.3 is 0 Å². The zero-order valence-electron chi connectivity index (χ0n) is 17.3. The molecule has 0 bridgehead atoms. The largest absolute Gasteiger partial charge is 0.490 e. The summed E-state index contributed by atoms with van der Waals surface area (Å²) in [6, 6.07) is 22.3. The number of hydrogen-bond acceptors (Lipinski definition) is 4. The van der Waals surface area contributed by atoms with Crippen molar-refractivity contribution in [1.82, 2.24) is 0 Å². The van der Waals surface area contributed by atoms with Crippen LogP contribution in [-0.2, 0) is 11.4 Å². The molecule has 0 aromatic heterocycles. The number of hydrogen-bond donors (Lipinski definition) is 1. The second kappa shape index (κ2) is 11.6. The van der Waals surface area contributed by atoms with Gasteiger partial charge < -0.3 is 14.8 Å². The standard InChI is InChI=1S/C25H20ClIN2O3/c1-2-31-23-13-18(12-22(26)24(23)32-16-17-7-4-3-5-8-17)11-19(15-28)25(30)29-21-10-6-9-20(27)14-21/h3-14H,2,16H2,1H3,(H,29,30)/b19-11+. The zero-order chi connectivity index (χ0) is 22.9. The lowest BCUT2D eigenvalue weighted by molar-refractivity contribution is -0.112. The molecular weight excluding hydrogens is 539 g/mol. The maximum Gasteiger partial charge on any atom is 0.266 e. The summed E-state index contributed by atoms with van der Waals surface area (Å²) >= 11 is 8.63. The number of rotatable bonds is 8. The van der Waals surface area contributed by atoms with E-state index in [-0.39, 0.29) is 5.57 Å². The molecule has 0 aliphatic carbocycles. The summed E-state index contributed by atoms with van der Waals surface area (Å²) in [5.41, 5.74) is 2.11. The molecular formula is C25H20ClIN2O3. The summed E-state index contributed by atoms with van der Waals surface area (Å²) in [6.07, 6.45) is 1.47. The molecule has 3 rings (SSSR count). The molecule has 0 aliphatic rings. The van der Waals surface area contributed by atoms with E-state index < -0.39 is 5.91 Å². The normalized spacial score (nSPS) is 10.9. The van der Waals surface area contributed by atoms with E-state index in [2.05, 4.69) is 27.9 Å². The molecule has 32 heavy (non-hydrogen) atoms. The number of carbonyl (C=O) groups excluding carboxylic acids is 1. The molecule has 0 fully saturated rings. The summed E-state index contributed by atoms with van der Waals surface area (Å²) in [5.74, 6) is 0.349. The van der Waals surface area contributed by atoms with E-state index in [9.17, 15) is 10.1 Å². The maximum absolute atomic E-state index is 12.6. The minimum absolute atomic E-state index is 0.0552. The number of nitrogens with one attached hydrogen (secondary N) is 1. The summed E-state index contributed by atoms with van der Waals surface area (Å²) < 4.78 is 12.6. The van der Waals surface area contributed by atoms with Crippen molar-refractivity contribution in [2.45, 2.75) is 13.5 Å². The molecule has 3 aromatic rings. The molecule has 0 atom stereocenters. The Morgan fingerprint density at radius 1 is 1.12 bits per heavy atom. The SMILES string of the molecule is CCOc1cc(/C=C(\C#N)C(=O)Nc2cccc(I)c2)cc(Cl)c1OCc1ccccc1. The lowest BCUT2D eigenvalue weighted by Crippen LogP contribution is -2.13. The van der Waals surface area contributed by atoms with Crippen molar-refractivity contribution in [3.8, 4) is 17.6 Å². The Kier molecular flexibility index (Phi) is 8.54. The second-order valence-electron chi connectivity index (χ2n) is 6.67. The lowest BCUT2D eigenvalue weighted by atomic mass is 10.1. The topological polar surface area (TPSA) is 71.3 Å². The van der Waals surface area contributed by atoms with Crippen molar-refractivity contribution < 1.29 is 14.3 Å². The van der Waals surface area contributed by atoms with Gasteiger partial charge in [-0.3, -0.25) is 4.79 Å². The summed E-state index contributed by atoms with van der Waals surface area (Å²) in [6.45, 7) is 2.59. The van der Waals surface area contributed by atoms with Gasteiger partial charge in [0.15, 0.2) is 11.5 Å². The van der Waals surface area contributed by atoms with Crippen molar-refractivity contribution in [2.75, 3.05) is 11.9 Å². The molecule has 0 heterocycles. The minimum Gasteiger partial charge on any atom is -0.490 e. The Morgan fingerprint density at radius 2 is 1.91 bits per heavy atom. The molecule has 0 saturated heterocycles. The number of nitriles is 1. The number of amides is 1. The lowest BCUT2D eigenvalue weighted by Gasteiger charge is -2.15. The van der Waals surface area contributed by atoms with Crippen LogP contribution in [-0.4, -0.2) is 12.5 Å². The highest BCUT2D eigenvalue weighted by Gasteiger charge is 2.15. The van der Waals surface area contributed by atoms with Gasteiger partial charge in [-0.05, 0) is 77.0 Å². The van der Waals surface area contributed by atoms with Gasteiger partial charge in [0, 0.05) is 9.26 Å². The van der Waals surface area contributed by atoms with E-state index in [1.54, 1.807) is 18.2 Å². The molecule has 0 unspecified atom stereocenters. The predicted molar refractivity (Wildman–Crippen MR) is 135 cm³/mol. The van der Waals surface area contributed by atoms with Crippen LogP contribution in [0.2, 0.25) is 5.02 Å². The number of carbonyl (C=O) groups is 1. The van der Waals surface area contributed by atoms with Crippen LogP contribution in [0.1, 0.15) is 18.1 Å². The third kappa shape index (κ3) is 6.49. The number of nitrogens with zero attached hydrogens (tertiary/aromatic N) is 1. The van der Waals surface area contributed by atoms with Gasteiger partial charge in [-0.2, -0.15) is 5.26 Å². The Bertz CT molecular complexity index is 1170. The summed E-state index contributed by atoms with van der Waals surface area (Å²) in [4.78, 5) is 12.6. The Balaban J connectivity index is 1.84. The first-order valence-corrected chi connectivity index (χ1v) is 11.3. The van der Waals surface area contributed by atoms with Gasteiger partial charge in [0.05, 0.1) is 11.6 Å². The van der Waals surface area contributed by atoms with Crippen molar-refractivity contribution in [3.05, 3.63) is 92.0 Å². The van der Waals surface area contributed by atoms with Gasteiger partial charge in [-0.25, -0.2) is 0 Å². The van der Waals surface area contributed by atoms with Crippen molar-refractivity contribution >= 4 is 51.9 Å². The Morgan fingerprint density at radius 3 is 2.59 bits per heavy atom. The van der Waals surface area contributed by atoms with Crippen LogP contribution in [0.4, 0.5) is 5.69 Å². The molecule has 1 N–H and O–H groups in total. The van der Waals surface area contributed by atoms with Gasteiger partial charge in [0.2, 0.25) is 0 Å². The third-order valence-electron chi connectivity index (χ3n) is 4.32. The highest BCUT2D eigenvalue weighted by Crippen LogP contribution is 2.38. The summed E-state index contributed by atoms with van der Waals surface area (Å²) in [5, 5.41) is 12.6. The molecule has 0 radical (unpaired) electrons. The zero-order valence-corrected chi connectivity index (χ0v) is 20.2. The van der Waals surface area contributed by atoms with E-state index in [0.717, 1.165) is 9.13 Å². The first-order chi connectivity index (χ1) is 15.5. The van der Waals surface area contributed by atoms with Crippen LogP contribution < -0.4 is 14.8 Å². The molecule has 5 nitrogen and oxygen atoms in total. The van der Waals surface area contributed by atoms with Crippen LogP contribution in [0.25, 0.3) is 6.08 Å². The highest BCUT2D eigenvalue weighted by atomic mass is 127. The predicted octanol–water partition coefficient (Wildman–Crippen LogP) is 6.47. The van der Waals surface area contributed by atoms with E-state index in [0.29, 0.717) is 41.0 Å². The fraction of sp³-hybridized carbons (Fsp3) is 0.120. The van der Waals surface area contributed by atoms with E-state index in [1.807, 2.05) is 61.5 Å². The van der Waals surface area contributed by atoms with E-state index in [1.165, 1.54) is 6.08 Å². The van der Waals surface area contributed by atoms with Crippen LogP contribution in [0.15, 0.2) is 72.3 Å². The van der Waals surface area contributed by atoms with Crippen molar-refractivity contribution in [3.63, 3.8) is 0 Å². The molecule has 0 spiro atoms. The third-order valence-corrected chi connectivity index (χ3v) is 5.27. The quantitative estimate of drug-likeness (QED) is 0.195. The molecule has 7 heteroatoms. The molecule has 0 saturated carbocycles. The molecule has 162 valence electrons. The van der Waals surface area contributed by atoms with Crippen LogP contribution in [0.5, 0.6) is 11.5 Å². The van der Waals surface area contributed by atoms with Gasteiger partial charge in [-0.1, -0.05) is 48.0 Å². The van der Waals surface area contributed by atoms with Crippen molar-refractivity contribution in [2.24, 2.45) is 0 Å². The number of anilines is 1. The monoisotopic (exact) mass is 558 g/mol. The maximum atomic E-state index is 12.6.